The van der Waals surface area contributed by atoms with Gasteiger partial charge >= 0.3 is 6.03 Å². The van der Waals surface area contributed by atoms with E-state index < -0.39 is 16.1 Å². The van der Waals surface area contributed by atoms with Crippen molar-refractivity contribution in [2.24, 2.45) is 11.8 Å². The zero-order chi connectivity index (χ0) is 17.2. The van der Waals surface area contributed by atoms with Crippen LogP contribution in [-0.4, -0.2) is 32.4 Å². The molecule has 2 unspecified atom stereocenters. The molecule has 6 heteroatoms. The molecule has 1 aliphatic heterocycles. The molecule has 1 aromatic rings. The molecule has 0 radical (unpaired) electrons. The molecule has 2 amide bonds. The van der Waals surface area contributed by atoms with Crippen molar-refractivity contribution < 1.29 is 13.2 Å². The van der Waals surface area contributed by atoms with Gasteiger partial charge in [0.25, 0.3) is 10.0 Å². The van der Waals surface area contributed by atoms with Crippen LogP contribution in [0.1, 0.15) is 44.1 Å². The molecule has 1 aliphatic carbocycles. The van der Waals surface area contributed by atoms with Crippen molar-refractivity contribution in [2.75, 3.05) is 13.1 Å². The molecule has 1 heterocycles. The van der Waals surface area contributed by atoms with Crippen LogP contribution in [-0.2, 0) is 10.0 Å². The molecule has 0 aromatic heterocycles. The second kappa shape index (κ2) is 7.13. The summed E-state index contributed by atoms with van der Waals surface area (Å²) < 4.78 is 27.0. The number of carbonyl (C=O) groups excluding carboxylic acids is 1. The Bertz CT molecular complexity index is 669. The quantitative estimate of drug-likeness (QED) is 0.890. The highest BCUT2D eigenvalue weighted by atomic mass is 32.2. The van der Waals surface area contributed by atoms with E-state index in [4.69, 9.17) is 0 Å². The van der Waals surface area contributed by atoms with Crippen molar-refractivity contribution in [1.82, 2.24) is 9.62 Å². The fraction of sp³-hybridized carbons (Fsp3) is 0.611. The Balaban J connectivity index is 1.64. The Morgan fingerprint density at radius 2 is 1.54 bits per heavy atom. The fourth-order valence-corrected chi connectivity index (χ4v) is 4.93. The number of rotatable bonds is 2. The first-order valence-electron chi connectivity index (χ1n) is 8.84. The third kappa shape index (κ3) is 3.91. The number of likely N-dealkylation sites (tertiary alicyclic amines) is 1. The SMILES string of the molecule is Cc1ccc(S(=O)(=O)NC(=O)N2CCC3CCCCC3CC2)cc1. The van der Waals surface area contributed by atoms with E-state index in [9.17, 15) is 13.2 Å². The van der Waals surface area contributed by atoms with E-state index in [0.717, 1.165) is 18.4 Å². The van der Waals surface area contributed by atoms with E-state index in [1.54, 1.807) is 17.0 Å². The molecule has 0 bridgehead atoms. The molecule has 1 saturated heterocycles. The third-order valence-corrected chi connectivity index (χ3v) is 6.78. The van der Waals surface area contributed by atoms with Crippen LogP contribution in [0, 0.1) is 18.8 Å². The largest absolute Gasteiger partial charge is 0.331 e. The van der Waals surface area contributed by atoms with Crippen LogP contribution in [0.25, 0.3) is 0 Å². The number of hydrogen-bond acceptors (Lipinski definition) is 3. The normalized spacial score (nSPS) is 24.8. The van der Waals surface area contributed by atoms with Crippen LogP contribution in [0.15, 0.2) is 29.2 Å². The second-order valence-electron chi connectivity index (χ2n) is 7.09. The van der Waals surface area contributed by atoms with Crippen molar-refractivity contribution in [2.45, 2.75) is 50.3 Å². The zero-order valence-corrected chi connectivity index (χ0v) is 15.0. The van der Waals surface area contributed by atoms with Gasteiger partial charge in [-0.05, 0) is 43.7 Å². The van der Waals surface area contributed by atoms with Gasteiger partial charge < -0.3 is 4.90 Å². The second-order valence-corrected chi connectivity index (χ2v) is 8.78. The summed E-state index contributed by atoms with van der Waals surface area (Å²) in [5, 5.41) is 0. The molecular weight excluding hydrogens is 324 g/mol. The molecular formula is C18H26N2O3S. The highest BCUT2D eigenvalue weighted by Gasteiger charge is 2.31. The molecule has 1 saturated carbocycles. The van der Waals surface area contributed by atoms with Gasteiger partial charge in [-0.2, -0.15) is 0 Å². The van der Waals surface area contributed by atoms with Crippen LogP contribution >= 0.6 is 0 Å². The number of nitrogens with zero attached hydrogens (tertiary/aromatic N) is 1. The van der Waals surface area contributed by atoms with Gasteiger partial charge in [-0.25, -0.2) is 17.9 Å². The van der Waals surface area contributed by atoms with Crippen molar-refractivity contribution in [3.63, 3.8) is 0 Å². The minimum atomic E-state index is -3.80. The van der Waals surface area contributed by atoms with Gasteiger partial charge in [0.15, 0.2) is 0 Å². The van der Waals surface area contributed by atoms with E-state index in [0.29, 0.717) is 24.9 Å². The van der Waals surface area contributed by atoms with E-state index >= 15 is 0 Å². The Morgan fingerprint density at radius 3 is 2.08 bits per heavy atom. The van der Waals surface area contributed by atoms with Crippen LogP contribution in [0.3, 0.4) is 0 Å². The molecule has 3 rings (SSSR count). The maximum absolute atomic E-state index is 12.4. The number of sulfonamides is 1. The highest BCUT2D eigenvalue weighted by molar-refractivity contribution is 7.90. The van der Waals surface area contributed by atoms with Gasteiger partial charge in [0.05, 0.1) is 4.90 Å². The topological polar surface area (TPSA) is 66.5 Å². The maximum atomic E-state index is 12.4. The van der Waals surface area contributed by atoms with Crippen LogP contribution in [0.5, 0.6) is 0 Å². The smallest absolute Gasteiger partial charge is 0.324 e. The summed E-state index contributed by atoms with van der Waals surface area (Å²) in [6.07, 6.45) is 7.05. The molecule has 2 fully saturated rings. The van der Waals surface area contributed by atoms with E-state index in [1.165, 1.54) is 37.8 Å². The first-order chi connectivity index (χ1) is 11.5. The average Bonchev–Trinajstić information content (AvgIpc) is 2.77. The van der Waals surface area contributed by atoms with Gasteiger partial charge in [-0.1, -0.05) is 43.4 Å². The van der Waals surface area contributed by atoms with Crippen molar-refractivity contribution in [3.8, 4) is 0 Å². The summed E-state index contributed by atoms with van der Waals surface area (Å²) in [6.45, 7) is 3.19. The molecule has 1 aromatic carbocycles. The van der Waals surface area contributed by atoms with Crippen molar-refractivity contribution in [3.05, 3.63) is 29.8 Å². The Kier molecular flexibility index (Phi) is 5.13. The summed E-state index contributed by atoms with van der Waals surface area (Å²) in [4.78, 5) is 14.2. The summed E-state index contributed by atoms with van der Waals surface area (Å²) in [6, 6.07) is 6.03. The molecule has 0 spiro atoms. The van der Waals surface area contributed by atoms with Gasteiger partial charge in [-0.15, -0.1) is 0 Å². The van der Waals surface area contributed by atoms with Crippen LogP contribution in [0.4, 0.5) is 4.79 Å². The predicted molar refractivity (Wildman–Crippen MR) is 93.2 cm³/mol. The number of urea groups is 1. The number of aryl methyl sites for hydroxylation is 1. The van der Waals surface area contributed by atoms with Gasteiger partial charge in [0, 0.05) is 13.1 Å². The van der Waals surface area contributed by atoms with Gasteiger partial charge in [0.1, 0.15) is 0 Å². The first-order valence-corrected chi connectivity index (χ1v) is 10.3. The molecule has 2 atom stereocenters. The molecule has 132 valence electrons. The number of fused-ring (bicyclic) bond motifs is 1. The van der Waals surface area contributed by atoms with Crippen molar-refractivity contribution in [1.29, 1.82) is 0 Å². The standard InChI is InChI=1S/C18H26N2O3S/c1-14-6-8-17(9-7-14)24(22,23)19-18(21)20-12-10-15-4-2-3-5-16(15)11-13-20/h6-9,15-16H,2-5,10-13H2,1H3,(H,19,21). The average molecular weight is 350 g/mol. The van der Waals surface area contributed by atoms with Crippen molar-refractivity contribution >= 4 is 16.1 Å². The summed E-state index contributed by atoms with van der Waals surface area (Å²) >= 11 is 0. The summed E-state index contributed by atoms with van der Waals surface area (Å²) in [5.74, 6) is 1.40. The Hall–Kier alpha value is -1.56. The van der Waals surface area contributed by atoms with Crippen LogP contribution in [0.2, 0.25) is 0 Å². The van der Waals surface area contributed by atoms with E-state index in [2.05, 4.69) is 4.72 Å². The molecule has 2 aliphatic rings. The maximum Gasteiger partial charge on any atom is 0.331 e. The minimum absolute atomic E-state index is 0.130. The fourth-order valence-electron chi connectivity index (χ4n) is 3.96. The first kappa shape index (κ1) is 17.3. The zero-order valence-electron chi connectivity index (χ0n) is 14.2. The molecule has 1 N–H and O–H groups in total. The lowest BCUT2D eigenvalue weighted by Crippen LogP contribution is -2.43. The minimum Gasteiger partial charge on any atom is -0.324 e. The number of nitrogens with one attached hydrogen (secondary N) is 1. The lowest BCUT2D eigenvalue weighted by Gasteiger charge is -2.29. The third-order valence-electron chi connectivity index (χ3n) is 5.45. The highest BCUT2D eigenvalue weighted by Crippen LogP contribution is 2.36. The van der Waals surface area contributed by atoms with Gasteiger partial charge in [0.2, 0.25) is 0 Å². The predicted octanol–water partition coefficient (Wildman–Crippen LogP) is 3.30. The lowest BCUT2D eigenvalue weighted by atomic mass is 9.77. The van der Waals surface area contributed by atoms with E-state index in [1.807, 2.05) is 6.92 Å². The number of hydrogen-bond donors (Lipinski definition) is 1. The Morgan fingerprint density at radius 1 is 1.00 bits per heavy atom. The number of benzene rings is 1. The summed E-state index contributed by atoms with van der Waals surface area (Å²) in [7, 11) is -3.80. The summed E-state index contributed by atoms with van der Waals surface area (Å²) in [5.41, 5.74) is 0.982. The number of amides is 2. The van der Waals surface area contributed by atoms with E-state index in [-0.39, 0.29) is 4.90 Å². The van der Waals surface area contributed by atoms with Crippen LogP contribution < -0.4 is 4.72 Å². The number of carbonyl (C=O) groups is 1. The molecule has 24 heavy (non-hydrogen) atoms. The van der Waals surface area contributed by atoms with Gasteiger partial charge in [-0.3, -0.25) is 0 Å². The Labute approximate surface area is 144 Å². The molecule has 5 nitrogen and oxygen atoms in total. The monoisotopic (exact) mass is 350 g/mol. The lowest BCUT2D eigenvalue weighted by molar-refractivity contribution is 0.205.